The number of carbonyl (C=O) groups is 3. The number of nitrogens with zero attached hydrogens (tertiary/aromatic N) is 3. The van der Waals surface area contributed by atoms with E-state index in [1.54, 1.807) is 34.9 Å². The fraction of sp³-hybridized carbons (Fsp3) is 0.824. The van der Waals surface area contributed by atoms with Crippen molar-refractivity contribution in [1.82, 2.24) is 14.7 Å². The van der Waals surface area contributed by atoms with Crippen LogP contribution in [-0.2, 0) is 14.3 Å². The maximum absolute atomic E-state index is 12.9. The van der Waals surface area contributed by atoms with Gasteiger partial charge in [-0.15, -0.1) is 0 Å². The monoisotopic (exact) mass is 341 g/mol. The van der Waals surface area contributed by atoms with E-state index in [-0.39, 0.29) is 18.4 Å². The van der Waals surface area contributed by atoms with Crippen LogP contribution in [0.3, 0.4) is 0 Å². The third-order valence-corrected chi connectivity index (χ3v) is 3.93. The average molecular weight is 341 g/mol. The summed E-state index contributed by atoms with van der Waals surface area (Å²) >= 11 is 0. The van der Waals surface area contributed by atoms with Gasteiger partial charge in [0.15, 0.2) is 0 Å². The highest BCUT2D eigenvalue weighted by Gasteiger charge is 2.37. The highest BCUT2D eigenvalue weighted by Crippen LogP contribution is 2.22. The van der Waals surface area contributed by atoms with Crippen molar-refractivity contribution in [3.63, 3.8) is 0 Å². The van der Waals surface area contributed by atoms with Crippen LogP contribution in [0.25, 0.3) is 0 Å². The van der Waals surface area contributed by atoms with Crippen molar-refractivity contribution >= 4 is 17.9 Å². The van der Waals surface area contributed by atoms with Gasteiger partial charge in [-0.1, -0.05) is 0 Å². The van der Waals surface area contributed by atoms with Gasteiger partial charge in [-0.2, -0.15) is 0 Å². The van der Waals surface area contributed by atoms with Crippen LogP contribution in [0.4, 0.5) is 4.79 Å². The zero-order valence-corrected chi connectivity index (χ0v) is 15.8. The average Bonchev–Trinajstić information content (AvgIpc) is 2.49. The van der Waals surface area contributed by atoms with E-state index in [1.165, 1.54) is 14.7 Å². The molecule has 1 aliphatic heterocycles. The fourth-order valence-electron chi connectivity index (χ4n) is 2.59. The van der Waals surface area contributed by atoms with E-state index in [0.717, 1.165) is 12.8 Å². The summed E-state index contributed by atoms with van der Waals surface area (Å²) in [6, 6.07) is -0.552. The molecule has 1 saturated heterocycles. The summed E-state index contributed by atoms with van der Waals surface area (Å²) in [4.78, 5) is 41.7. The first-order chi connectivity index (χ1) is 11.1. The molecule has 7 heteroatoms. The normalized spacial score (nSPS) is 18.1. The van der Waals surface area contributed by atoms with Crippen molar-refractivity contribution in [2.24, 2.45) is 0 Å². The molecule has 0 N–H and O–H groups in total. The molecule has 0 unspecified atom stereocenters. The number of carbonyl (C=O) groups excluding carboxylic acids is 3. The molecule has 1 heterocycles. The first-order valence-electron chi connectivity index (χ1n) is 8.55. The summed E-state index contributed by atoms with van der Waals surface area (Å²) in [5, 5.41) is 0. The number of rotatable bonds is 4. The lowest BCUT2D eigenvalue weighted by Crippen LogP contribution is -2.55. The van der Waals surface area contributed by atoms with E-state index in [1.807, 2.05) is 6.92 Å². The summed E-state index contributed by atoms with van der Waals surface area (Å²) in [5.74, 6) is -0.317. The van der Waals surface area contributed by atoms with Crippen molar-refractivity contribution in [2.45, 2.75) is 58.6 Å². The van der Waals surface area contributed by atoms with Crippen LogP contribution in [0, 0.1) is 0 Å². The number of likely N-dealkylation sites (N-methyl/N-ethyl adjacent to an activating group) is 2. The van der Waals surface area contributed by atoms with Crippen LogP contribution in [0.1, 0.15) is 47.0 Å². The van der Waals surface area contributed by atoms with Gasteiger partial charge in [0.1, 0.15) is 11.6 Å². The Morgan fingerprint density at radius 1 is 1.17 bits per heavy atom. The van der Waals surface area contributed by atoms with Crippen LogP contribution in [0.15, 0.2) is 0 Å². The Morgan fingerprint density at radius 3 is 2.29 bits per heavy atom. The smallest absolute Gasteiger partial charge is 0.410 e. The quantitative estimate of drug-likeness (QED) is 0.780. The Kier molecular flexibility index (Phi) is 7.05. The second-order valence-corrected chi connectivity index (χ2v) is 7.33. The molecule has 7 nitrogen and oxygen atoms in total. The number of piperidine rings is 1. The summed E-state index contributed by atoms with van der Waals surface area (Å²) in [6.07, 6.45) is 1.88. The fourth-order valence-corrected chi connectivity index (χ4v) is 2.59. The molecule has 0 aromatic carbocycles. The van der Waals surface area contributed by atoms with Gasteiger partial charge < -0.3 is 14.5 Å². The third-order valence-electron chi connectivity index (χ3n) is 3.93. The summed E-state index contributed by atoms with van der Waals surface area (Å²) in [6.45, 7) is 8.21. The molecule has 3 amide bonds. The summed E-state index contributed by atoms with van der Waals surface area (Å²) in [7, 11) is 3.32. The van der Waals surface area contributed by atoms with E-state index in [2.05, 4.69) is 0 Å². The van der Waals surface area contributed by atoms with Crippen molar-refractivity contribution in [2.75, 3.05) is 33.7 Å². The first kappa shape index (κ1) is 20.3. The highest BCUT2D eigenvalue weighted by atomic mass is 16.6. The van der Waals surface area contributed by atoms with E-state index < -0.39 is 17.7 Å². The van der Waals surface area contributed by atoms with Crippen LogP contribution < -0.4 is 0 Å². The SMILES string of the molecule is CCN(CC(=O)N(C)C)C(=O)[C@H]1CCCCN1C(=O)OC(C)(C)C. The topological polar surface area (TPSA) is 70.2 Å². The standard InChI is InChI=1S/C17H31N3O4/c1-7-19(12-14(21)18(5)6)15(22)13-10-8-9-11-20(13)16(23)24-17(2,3)4/h13H,7-12H2,1-6H3/t13-/m1/s1. The molecule has 1 aliphatic rings. The Morgan fingerprint density at radius 2 is 1.79 bits per heavy atom. The highest BCUT2D eigenvalue weighted by molar-refractivity contribution is 5.89. The van der Waals surface area contributed by atoms with Crippen molar-refractivity contribution in [3.8, 4) is 0 Å². The second kappa shape index (κ2) is 8.35. The van der Waals surface area contributed by atoms with Gasteiger partial charge in [0, 0.05) is 27.2 Å². The molecule has 0 bridgehead atoms. The predicted octanol–water partition coefficient (Wildman–Crippen LogP) is 1.71. The molecule has 0 aromatic rings. The number of hydrogen-bond donors (Lipinski definition) is 0. The maximum Gasteiger partial charge on any atom is 0.410 e. The molecule has 0 aromatic heterocycles. The van der Waals surface area contributed by atoms with Gasteiger partial charge in [0.05, 0.1) is 6.54 Å². The predicted molar refractivity (Wildman–Crippen MR) is 91.5 cm³/mol. The molecule has 1 atom stereocenters. The van der Waals surface area contributed by atoms with Gasteiger partial charge in [-0.3, -0.25) is 14.5 Å². The van der Waals surface area contributed by atoms with E-state index in [0.29, 0.717) is 19.5 Å². The van der Waals surface area contributed by atoms with Gasteiger partial charge >= 0.3 is 6.09 Å². The largest absolute Gasteiger partial charge is 0.444 e. The molecular weight excluding hydrogens is 310 g/mol. The molecule has 24 heavy (non-hydrogen) atoms. The lowest BCUT2D eigenvalue weighted by atomic mass is 10.0. The minimum atomic E-state index is -0.604. The van der Waals surface area contributed by atoms with Crippen molar-refractivity contribution in [1.29, 1.82) is 0 Å². The molecule has 0 saturated carbocycles. The van der Waals surface area contributed by atoms with E-state index in [9.17, 15) is 14.4 Å². The summed E-state index contributed by atoms with van der Waals surface area (Å²) in [5.41, 5.74) is -0.604. The molecule has 1 fully saturated rings. The van der Waals surface area contributed by atoms with Crippen LogP contribution in [0.5, 0.6) is 0 Å². The summed E-state index contributed by atoms with van der Waals surface area (Å²) < 4.78 is 5.43. The maximum atomic E-state index is 12.9. The van der Waals surface area contributed by atoms with E-state index >= 15 is 0 Å². The Hall–Kier alpha value is -1.79. The van der Waals surface area contributed by atoms with Crippen LogP contribution in [0.2, 0.25) is 0 Å². The molecule has 0 radical (unpaired) electrons. The second-order valence-electron chi connectivity index (χ2n) is 7.33. The zero-order chi connectivity index (χ0) is 18.5. The molecule has 0 spiro atoms. The van der Waals surface area contributed by atoms with Crippen molar-refractivity contribution < 1.29 is 19.1 Å². The van der Waals surface area contributed by atoms with Gasteiger partial charge in [0.2, 0.25) is 11.8 Å². The Bertz CT molecular complexity index is 471. The number of amides is 3. The molecule has 0 aliphatic carbocycles. The Balaban J connectivity index is 2.87. The van der Waals surface area contributed by atoms with Gasteiger partial charge in [-0.05, 0) is 47.0 Å². The zero-order valence-electron chi connectivity index (χ0n) is 15.8. The minimum Gasteiger partial charge on any atom is -0.444 e. The first-order valence-corrected chi connectivity index (χ1v) is 8.55. The number of ether oxygens (including phenoxy) is 1. The molecule has 138 valence electrons. The molecule has 1 rings (SSSR count). The molecular formula is C17H31N3O4. The number of likely N-dealkylation sites (tertiary alicyclic amines) is 1. The van der Waals surface area contributed by atoms with Crippen LogP contribution in [-0.4, -0.2) is 78.0 Å². The third kappa shape index (κ3) is 5.69. The van der Waals surface area contributed by atoms with Crippen molar-refractivity contribution in [3.05, 3.63) is 0 Å². The lowest BCUT2D eigenvalue weighted by molar-refractivity contribution is -0.143. The van der Waals surface area contributed by atoms with E-state index in [4.69, 9.17) is 4.74 Å². The van der Waals surface area contributed by atoms with Crippen LogP contribution >= 0.6 is 0 Å². The minimum absolute atomic E-state index is 0.0288. The number of hydrogen-bond acceptors (Lipinski definition) is 4. The Labute approximate surface area is 144 Å². The van der Waals surface area contributed by atoms with Gasteiger partial charge in [-0.25, -0.2) is 4.79 Å². The van der Waals surface area contributed by atoms with Gasteiger partial charge in [0.25, 0.3) is 0 Å². The lowest BCUT2D eigenvalue weighted by Gasteiger charge is -2.38.